The van der Waals surface area contributed by atoms with Gasteiger partial charge >= 0.3 is 5.97 Å². The summed E-state index contributed by atoms with van der Waals surface area (Å²) in [5.41, 5.74) is 2.16. The van der Waals surface area contributed by atoms with E-state index in [0.717, 1.165) is 5.70 Å². The molecule has 0 aromatic heterocycles. The van der Waals surface area contributed by atoms with Gasteiger partial charge in [0.1, 0.15) is 0 Å². The van der Waals surface area contributed by atoms with Crippen molar-refractivity contribution >= 4 is 29.0 Å². The fourth-order valence-electron chi connectivity index (χ4n) is 3.54. The highest BCUT2D eigenvalue weighted by atomic mass is 35.5. The summed E-state index contributed by atoms with van der Waals surface area (Å²) in [5.74, 6) is -1.49. The molecule has 1 heterocycles. The van der Waals surface area contributed by atoms with Gasteiger partial charge in [-0.25, -0.2) is 4.79 Å². The molecular weight excluding hydrogens is 360 g/mol. The third-order valence-electron chi connectivity index (χ3n) is 4.68. The van der Waals surface area contributed by atoms with Gasteiger partial charge in [0.2, 0.25) is 0 Å². The number of allylic oxidation sites excluding steroid dienone is 3. The van der Waals surface area contributed by atoms with Gasteiger partial charge in [-0.1, -0.05) is 11.6 Å². The minimum Gasteiger partial charge on any atom is -0.466 e. The van der Waals surface area contributed by atoms with Crippen molar-refractivity contribution in [1.29, 1.82) is 0 Å². The van der Waals surface area contributed by atoms with Gasteiger partial charge in [-0.3, -0.25) is 14.9 Å². The highest BCUT2D eigenvalue weighted by molar-refractivity contribution is 6.31. The molecule has 0 saturated heterocycles. The summed E-state index contributed by atoms with van der Waals surface area (Å²) >= 11 is 6.32. The van der Waals surface area contributed by atoms with Crippen LogP contribution >= 0.6 is 11.6 Å². The maximum absolute atomic E-state index is 12.7. The first-order chi connectivity index (χ1) is 12.3. The van der Waals surface area contributed by atoms with E-state index in [1.807, 2.05) is 0 Å². The molecule has 0 saturated carbocycles. The zero-order valence-corrected chi connectivity index (χ0v) is 15.1. The molecule has 3 rings (SSSR count). The van der Waals surface area contributed by atoms with Crippen molar-refractivity contribution < 1.29 is 19.2 Å². The zero-order chi connectivity index (χ0) is 19.0. The van der Waals surface area contributed by atoms with Crippen LogP contribution in [0.5, 0.6) is 0 Å². The molecule has 0 fully saturated rings. The van der Waals surface area contributed by atoms with Gasteiger partial charge in [-0.2, -0.15) is 0 Å². The molecule has 1 N–H and O–H groups in total. The lowest BCUT2D eigenvalue weighted by molar-refractivity contribution is -0.384. The normalized spacial score (nSPS) is 19.8. The van der Waals surface area contributed by atoms with Crippen LogP contribution in [0.15, 0.2) is 40.7 Å². The molecule has 1 atom stereocenters. The molecule has 1 aromatic carbocycles. The summed E-state index contributed by atoms with van der Waals surface area (Å²) < 4.78 is 4.90. The number of halogens is 1. The molecule has 7 nitrogen and oxygen atoms in total. The predicted octanol–water partition coefficient (Wildman–Crippen LogP) is 3.39. The topological polar surface area (TPSA) is 98.5 Å². The number of nitro benzene ring substituents is 1. The van der Waals surface area contributed by atoms with Crippen LogP contribution in [0.3, 0.4) is 0 Å². The van der Waals surface area contributed by atoms with Crippen molar-refractivity contribution in [3.05, 3.63) is 61.4 Å². The second-order valence-corrected chi connectivity index (χ2v) is 6.63. The number of ketones is 1. The number of esters is 1. The van der Waals surface area contributed by atoms with E-state index in [9.17, 15) is 19.7 Å². The number of carbonyl (C=O) groups is 2. The van der Waals surface area contributed by atoms with Crippen molar-refractivity contribution in [2.45, 2.75) is 32.1 Å². The lowest BCUT2D eigenvalue weighted by atomic mass is 9.75. The lowest BCUT2D eigenvalue weighted by Crippen LogP contribution is -2.34. The van der Waals surface area contributed by atoms with Crippen LogP contribution in [0, 0.1) is 10.1 Å². The summed E-state index contributed by atoms with van der Waals surface area (Å²) in [7, 11) is 1.25. The molecule has 0 amide bonds. The Morgan fingerprint density at radius 2 is 2.12 bits per heavy atom. The first-order valence-electron chi connectivity index (χ1n) is 8.11. The van der Waals surface area contributed by atoms with E-state index >= 15 is 0 Å². The maximum Gasteiger partial charge on any atom is 0.336 e. The third-order valence-corrected chi connectivity index (χ3v) is 5.03. The Morgan fingerprint density at radius 1 is 1.38 bits per heavy atom. The number of non-ortho nitro benzene ring substituents is 1. The minimum absolute atomic E-state index is 0.0970. The van der Waals surface area contributed by atoms with E-state index < -0.39 is 16.8 Å². The Bertz CT molecular complexity index is 888. The van der Waals surface area contributed by atoms with E-state index in [1.165, 1.54) is 25.3 Å². The standard InChI is InChI=1S/C18H17ClN2O5/c1-9-15(18(23)26-2)16(17-13(20-9)4-3-5-14(17)22)11-8-10(21(24)25)6-7-12(11)19/h6-8,16,20H,3-5H2,1-2H3/t16-/m1/s1. The van der Waals surface area contributed by atoms with E-state index in [1.54, 1.807) is 6.92 Å². The number of rotatable bonds is 3. The highest BCUT2D eigenvalue weighted by Crippen LogP contribution is 2.45. The fraction of sp³-hybridized carbons (Fsp3) is 0.333. The van der Waals surface area contributed by atoms with E-state index in [-0.39, 0.29) is 22.1 Å². The number of carbonyl (C=O) groups excluding carboxylic acids is 2. The monoisotopic (exact) mass is 376 g/mol. The Morgan fingerprint density at radius 3 is 2.77 bits per heavy atom. The van der Waals surface area contributed by atoms with Gasteiger partial charge in [-0.15, -0.1) is 0 Å². The third kappa shape index (κ3) is 2.99. The van der Waals surface area contributed by atoms with Gasteiger partial charge < -0.3 is 10.1 Å². The van der Waals surface area contributed by atoms with Crippen LogP contribution in [-0.4, -0.2) is 23.8 Å². The summed E-state index contributed by atoms with van der Waals surface area (Å²) in [6.07, 6.45) is 1.73. The Kier molecular flexibility index (Phi) is 4.82. The number of dihydropyridines is 1. The number of benzene rings is 1. The van der Waals surface area contributed by atoms with Gasteiger partial charge in [0.25, 0.3) is 5.69 Å². The van der Waals surface area contributed by atoms with E-state index in [4.69, 9.17) is 16.3 Å². The van der Waals surface area contributed by atoms with Gasteiger partial charge in [-0.05, 0) is 31.4 Å². The molecule has 1 aromatic rings. The van der Waals surface area contributed by atoms with Crippen molar-refractivity contribution in [2.24, 2.45) is 0 Å². The van der Waals surface area contributed by atoms with Crippen LogP contribution < -0.4 is 5.32 Å². The molecule has 1 aliphatic carbocycles. The number of nitro groups is 1. The molecule has 136 valence electrons. The van der Waals surface area contributed by atoms with Crippen LogP contribution in [0.25, 0.3) is 0 Å². The second-order valence-electron chi connectivity index (χ2n) is 6.22. The number of Topliss-reactive ketones (excluding diaryl/α,β-unsaturated/α-hetero) is 1. The number of hydrogen-bond acceptors (Lipinski definition) is 6. The number of nitrogens with zero attached hydrogens (tertiary/aromatic N) is 1. The Labute approximate surface area is 154 Å². The average molecular weight is 377 g/mol. The predicted molar refractivity (Wildman–Crippen MR) is 94.6 cm³/mol. The number of nitrogens with one attached hydrogen (secondary N) is 1. The largest absolute Gasteiger partial charge is 0.466 e. The van der Waals surface area contributed by atoms with Crippen LogP contribution in [0.4, 0.5) is 5.69 Å². The molecular formula is C18H17ClN2O5. The maximum atomic E-state index is 12.7. The first kappa shape index (κ1) is 18.1. The Hall–Kier alpha value is -2.67. The minimum atomic E-state index is -0.793. The SMILES string of the molecule is COC(=O)C1=C(C)NC2=C(C(=O)CCC2)[C@@H]1c1cc([N+](=O)[O-])ccc1Cl. The highest BCUT2D eigenvalue weighted by Gasteiger charge is 2.40. The van der Waals surface area contributed by atoms with Gasteiger partial charge in [0.15, 0.2) is 5.78 Å². The van der Waals surface area contributed by atoms with Crippen molar-refractivity contribution in [2.75, 3.05) is 7.11 Å². The van der Waals surface area contributed by atoms with Gasteiger partial charge in [0, 0.05) is 46.5 Å². The molecule has 8 heteroatoms. The summed E-state index contributed by atoms with van der Waals surface area (Å²) in [5, 5.41) is 14.6. The smallest absolute Gasteiger partial charge is 0.336 e. The summed E-state index contributed by atoms with van der Waals surface area (Å²) in [6.45, 7) is 1.72. The van der Waals surface area contributed by atoms with Crippen LogP contribution in [0.2, 0.25) is 5.02 Å². The average Bonchev–Trinajstić information content (AvgIpc) is 2.60. The molecule has 0 spiro atoms. The molecule has 0 unspecified atom stereocenters. The number of hydrogen-bond donors (Lipinski definition) is 1. The van der Waals surface area contributed by atoms with Crippen molar-refractivity contribution in [1.82, 2.24) is 5.32 Å². The molecule has 0 bridgehead atoms. The fourth-order valence-corrected chi connectivity index (χ4v) is 3.77. The van der Waals surface area contributed by atoms with Crippen LogP contribution in [0.1, 0.15) is 37.7 Å². The molecule has 26 heavy (non-hydrogen) atoms. The van der Waals surface area contributed by atoms with Gasteiger partial charge in [0.05, 0.1) is 17.6 Å². The lowest BCUT2D eigenvalue weighted by Gasteiger charge is -2.34. The van der Waals surface area contributed by atoms with E-state index in [0.29, 0.717) is 36.1 Å². The zero-order valence-electron chi connectivity index (χ0n) is 14.3. The summed E-state index contributed by atoms with van der Waals surface area (Å²) in [6, 6.07) is 4.02. The number of methoxy groups -OCH3 is 1. The van der Waals surface area contributed by atoms with Crippen molar-refractivity contribution in [3.63, 3.8) is 0 Å². The second kappa shape index (κ2) is 6.92. The van der Waals surface area contributed by atoms with Crippen molar-refractivity contribution in [3.8, 4) is 0 Å². The molecule has 2 aliphatic rings. The molecule has 0 radical (unpaired) electrons. The van der Waals surface area contributed by atoms with E-state index in [2.05, 4.69) is 5.32 Å². The quantitative estimate of drug-likeness (QED) is 0.493. The first-order valence-corrected chi connectivity index (χ1v) is 8.49. The number of ether oxygens (including phenoxy) is 1. The van der Waals surface area contributed by atoms with Crippen LogP contribution in [-0.2, 0) is 14.3 Å². The Balaban J connectivity index is 2.27. The molecule has 1 aliphatic heterocycles. The summed E-state index contributed by atoms with van der Waals surface area (Å²) in [4.78, 5) is 35.8.